The van der Waals surface area contributed by atoms with Gasteiger partial charge in [-0.2, -0.15) is 0 Å². The van der Waals surface area contributed by atoms with Gasteiger partial charge in [-0.15, -0.1) is 0 Å². The van der Waals surface area contributed by atoms with Gasteiger partial charge in [0.25, 0.3) is 0 Å². The second kappa shape index (κ2) is 8.17. The summed E-state index contributed by atoms with van der Waals surface area (Å²) in [6, 6.07) is 13.9. The number of hydrogen-bond acceptors (Lipinski definition) is 3. The van der Waals surface area contributed by atoms with Crippen molar-refractivity contribution < 1.29 is 4.79 Å². The van der Waals surface area contributed by atoms with Gasteiger partial charge in [0.2, 0.25) is 5.91 Å². The first-order valence-electron chi connectivity index (χ1n) is 7.20. The fourth-order valence-corrected chi connectivity index (χ4v) is 2.16. The molecule has 4 nitrogen and oxygen atoms in total. The van der Waals surface area contributed by atoms with Gasteiger partial charge < -0.3 is 10.6 Å². The zero-order valence-electron chi connectivity index (χ0n) is 12.1. The van der Waals surface area contributed by atoms with E-state index in [2.05, 4.69) is 4.98 Å². The van der Waals surface area contributed by atoms with Gasteiger partial charge in [0.1, 0.15) is 0 Å². The van der Waals surface area contributed by atoms with Gasteiger partial charge >= 0.3 is 0 Å². The van der Waals surface area contributed by atoms with Gasteiger partial charge in [-0.1, -0.05) is 36.4 Å². The Labute approximate surface area is 125 Å². The molecular weight excluding hydrogens is 262 g/mol. The van der Waals surface area contributed by atoms with Crippen LogP contribution in [0.1, 0.15) is 24.0 Å². The highest BCUT2D eigenvalue weighted by molar-refractivity contribution is 5.76. The van der Waals surface area contributed by atoms with Gasteiger partial charge in [-0.05, 0) is 30.2 Å². The molecule has 0 atom stereocenters. The van der Waals surface area contributed by atoms with Crippen molar-refractivity contribution in [3.8, 4) is 0 Å². The van der Waals surface area contributed by atoms with Crippen LogP contribution >= 0.6 is 0 Å². The van der Waals surface area contributed by atoms with Crippen LogP contribution < -0.4 is 5.73 Å². The number of aromatic nitrogens is 1. The lowest BCUT2D eigenvalue weighted by atomic mass is 10.1. The van der Waals surface area contributed by atoms with Crippen molar-refractivity contribution >= 4 is 5.91 Å². The van der Waals surface area contributed by atoms with Gasteiger partial charge in [0, 0.05) is 31.9 Å². The molecule has 1 amide bonds. The molecule has 0 radical (unpaired) electrons. The summed E-state index contributed by atoms with van der Waals surface area (Å²) in [5.41, 5.74) is 7.67. The molecule has 0 aliphatic heterocycles. The SMILES string of the molecule is NCCCC(=O)N(Cc1ccccc1)Cc1cccnc1. The van der Waals surface area contributed by atoms with Crippen LogP contribution in [0.25, 0.3) is 0 Å². The normalized spacial score (nSPS) is 10.3. The average molecular weight is 283 g/mol. The average Bonchev–Trinajstić information content (AvgIpc) is 2.54. The predicted octanol–water partition coefficient (Wildman–Crippen LogP) is 2.35. The van der Waals surface area contributed by atoms with Crippen LogP contribution in [-0.2, 0) is 17.9 Å². The van der Waals surface area contributed by atoms with E-state index in [4.69, 9.17) is 5.73 Å². The fourth-order valence-electron chi connectivity index (χ4n) is 2.16. The van der Waals surface area contributed by atoms with Crippen LogP contribution in [0, 0.1) is 0 Å². The standard InChI is InChI=1S/C17H21N3O/c18-10-4-9-17(21)20(13-15-6-2-1-3-7-15)14-16-8-5-11-19-12-16/h1-3,5-8,11-12H,4,9-10,13-14,18H2. The summed E-state index contributed by atoms with van der Waals surface area (Å²) in [6.07, 6.45) is 4.75. The Morgan fingerprint density at radius 1 is 1.05 bits per heavy atom. The van der Waals surface area contributed by atoms with E-state index in [0.717, 1.165) is 17.5 Å². The van der Waals surface area contributed by atoms with E-state index < -0.39 is 0 Å². The number of pyridine rings is 1. The molecule has 0 saturated carbocycles. The minimum atomic E-state index is 0.133. The van der Waals surface area contributed by atoms with Crippen molar-refractivity contribution in [2.45, 2.75) is 25.9 Å². The minimum absolute atomic E-state index is 0.133. The van der Waals surface area contributed by atoms with Crippen molar-refractivity contribution in [3.05, 3.63) is 66.0 Å². The molecule has 0 fully saturated rings. The number of nitrogens with two attached hydrogens (primary N) is 1. The third-order valence-corrected chi connectivity index (χ3v) is 3.26. The first-order chi connectivity index (χ1) is 10.3. The zero-order valence-corrected chi connectivity index (χ0v) is 12.1. The molecule has 4 heteroatoms. The highest BCUT2D eigenvalue weighted by Crippen LogP contribution is 2.11. The number of carbonyl (C=O) groups is 1. The second-order valence-electron chi connectivity index (χ2n) is 4.99. The Morgan fingerprint density at radius 2 is 1.76 bits per heavy atom. The second-order valence-corrected chi connectivity index (χ2v) is 4.99. The van der Waals surface area contributed by atoms with Crippen molar-refractivity contribution in [2.24, 2.45) is 5.73 Å². The van der Waals surface area contributed by atoms with Crippen molar-refractivity contribution in [3.63, 3.8) is 0 Å². The Bertz CT molecular complexity index is 501. The van der Waals surface area contributed by atoms with Gasteiger partial charge in [0.05, 0.1) is 0 Å². The van der Waals surface area contributed by atoms with Crippen LogP contribution in [-0.4, -0.2) is 22.3 Å². The van der Waals surface area contributed by atoms with E-state index in [1.54, 1.807) is 12.4 Å². The first-order valence-corrected chi connectivity index (χ1v) is 7.20. The maximum Gasteiger partial charge on any atom is 0.223 e. The van der Waals surface area contributed by atoms with E-state index in [1.165, 1.54) is 0 Å². The van der Waals surface area contributed by atoms with Crippen LogP contribution in [0.3, 0.4) is 0 Å². The summed E-state index contributed by atoms with van der Waals surface area (Å²) in [7, 11) is 0. The van der Waals surface area contributed by atoms with Crippen LogP contribution in [0.15, 0.2) is 54.9 Å². The fraction of sp³-hybridized carbons (Fsp3) is 0.294. The van der Waals surface area contributed by atoms with Crippen molar-refractivity contribution in [1.29, 1.82) is 0 Å². The largest absolute Gasteiger partial charge is 0.334 e. The molecule has 0 bridgehead atoms. The lowest BCUT2D eigenvalue weighted by molar-refractivity contribution is -0.132. The summed E-state index contributed by atoms with van der Waals surface area (Å²) < 4.78 is 0. The maximum absolute atomic E-state index is 12.4. The molecule has 1 heterocycles. The smallest absolute Gasteiger partial charge is 0.223 e. The molecule has 2 rings (SSSR count). The number of rotatable bonds is 7. The predicted molar refractivity (Wildman–Crippen MR) is 83.2 cm³/mol. The van der Waals surface area contributed by atoms with Crippen molar-refractivity contribution in [1.82, 2.24) is 9.88 Å². The number of nitrogens with zero attached hydrogens (tertiary/aromatic N) is 2. The molecule has 0 aliphatic carbocycles. The number of benzene rings is 1. The highest BCUT2D eigenvalue weighted by Gasteiger charge is 2.14. The Morgan fingerprint density at radius 3 is 2.43 bits per heavy atom. The lowest BCUT2D eigenvalue weighted by Gasteiger charge is -2.23. The van der Waals surface area contributed by atoms with Gasteiger partial charge in [-0.25, -0.2) is 0 Å². The minimum Gasteiger partial charge on any atom is -0.334 e. The van der Waals surface area contributed by atoms with Crippen LogP contribution in [0.5, 0.6) is 0 Å². The van der Waals surface area contributed by atoms with Crippen LogP contribution in [0.2, 0.25) is 0 Å². The molecular formula is C17H21N3O. The summed E-state index contributed by atoms with van der Waals surface area (Å²) in [4.78, 5) is 18.3. The number of amides is 1. The molecule has 110 valence electrons. The van der Waals surface area contributed by atoms with Crippen LogP contribution in [0.4, 0.5) is 0 Å². The maximum atomic E-state index is 12.4. The lowest BCUT2D eigenvalue weighted by Crippen LogP contribution is -2.30. The summed E-state index contributed by atoms with van der Waals surface area (Å²) >= 11 is 0. The molecule has 2 aromatic rings. The number of carbonyl (C=O) groups excluding carboxylic acids is 1. The third-order valence-electron chi connectivity index (χ3n) is 3.26. The topological polar surface area (TPSA) is 59.2 Å². The Kier molecular flexibility index (Phi) is 5.91. The Hall–Kier alpha value is -2.20. The van der Waals surface area contributed by atoms with E-state index in [9.17, 15) is 4.79 Å². The molecule has 0 unspecified atom stereocenters. The van der Waals surface area contributed by atoms with E-state index in [0.29, 0.717) is 26.1 Å². The molecule has 1 aromatic carbocycles. The quantitative estimate of drug-likeness (QED) is 0.848. The molecule has 0 saturated heterocycles. The van der Waals surface area contributed by atoms with E-state index in [-0.39, 0.29) is 5.91 Å². The zero-order chi connectivity index (χ0) is 14.9. The number of hydrogen-bond donors (Lipinski definition) is 1. The van der Waals surface area contributed by atoms with Gasteiger partial charge in [0.15, 0.2) is 0 Å². The van der Waals surface area contributed by atoms with Crippen molar-refractivity contribution in [2.75, 3.05) is 6.54 Å². The highest BCUT2D eigenvalue weighted by atomic mass is 16.2. The van der Waals surface area contributed by atoms with E-state index in [1.807, 2.05) is 47.4 Å². The third kappa shape index (κ3) is 5.00. The van der Waals surface area contributed by atoms with E-state index >= 15 is 0 Å². The first kappa shape index (κ1) is 15.2. The molecule has 2 N–H and O–H groups in total. The summed E-state index contributed by atoms with van der Waals surface area (Å²) in [5, 5.41) is 0. The molecule has 0 aliphatic rings. The Balaban J connectivity index is 2.08. The summed E-state index contributed by atoms with van der Waals surface area (Å²) in [5.74, 6) is 0.133. The van der Waals surface area contributed by atoms with Gasteiger partial charge in [-0.3, -0.25) is 9.78 Å². The molecule has 0 spiro atoms. The summed E-state index contributed by atoms with van der Waals surface area (Å²) in [6.45, 7) is 1.73. The molecule has 1 aromatic heterocycles. The monoisotopic (exact) mass is 283 g/mol. The molecule has 21 heavy (non-hydrogen) atoms.